The van der Waals surface area contributed by atoms with Gasteiger partial charge in [-0.2, -0.15) is 0 Å². The molecule has 4 bridgehead atoms. The summed E-state index contributed by atoms with van der Waals surface area (Å²) in [5.41, 5.74) is 5.41. The fourth-order valence-electron chi connectivity index (χ4n) is 5.03. The number of rotatable bonds is 5. The minimum absolute atomic E-state index is 0.0319. The summed E-state index contributed by atoms with van der Waals surface area (Å²) >= 11 is 0. The molecule has 4 saturated carbocycles. The highest BCUT2D eigenvalue weighted by atomic mass is 16.2. The second-order valence-electron chi connectivity index (χ2n) is 7.07. The summed E-state index contributed by atoms with van der Waals surface area (Å²) in [7, 11) is 0. The van der Waals surface area contributed by atoms with Crippen molar-refractivity contribution in [2.45, 2.75) is 50.5 Å². The summed E-state index contributed by atoms with van der Waals surface area (Å²) in [6, 6.07) is -0.226. The van der Waals surface area contributed by atoms with Crippen molar-refractivity contribution in [1.82, 2.24) is 10.2 Å². The number of hydrogen-bond donors (Lipinski definition) is 2. The molecule has 0 radical (unpaired) electrons. The Balaban J connectivity index is 1.64. The number of urea groups is 1. The van der Waals surface area contributed by atoms with E-state index in [0.717, 1.165) is 37.0 Å². The quantitative estimate of drug-likeness (QED) is 0.748. The van der Waals surface area contributed by atoms with Crippen molar-refractivity contribution in [3.8, 4) is 0 Å². The molecule has 4 fully saturated rings. The molecule has 20 heavy (non-hydrogen) atoms. The lowest BCUT2D eigenvalue weighted by Gasteiger charge is -2.57. The molecule has 0 atom stereocenters. The van der Waals surface area contributed by atoms with Crippen molar-refractivity contribution in [2.24, 2.45) is 23.5 Å². The lowest BCUT2D eigenvalue weighted by atomic mass is 9.53. The van der Waals surface area contributed by atoms with Crippen LogP contribution in [-0.2, 0) is 4.79 Å². The van der Waals surface area contributed by atoms with Crippen LogP contribution in [0.15, 0.2) is 0 Å². The fraction of sp³-hybridized carbons (Fsp3) is 0.867. The van der Waals surface area contributed by atoms with Crippen molar-refractivity contribution < 1.29 is 9.59 Å². The molecule has 0 aromatic heterocycles. The summed E-state index contributed by atoms with van der Waals surface area (Å²) in [6.07, 6.45) is 8.65. The molecule has 0 aromatic rings. The van der Waals surface area contributed by atoms with Gasteiger partial charge < -0.3 is 11.1 Å². The van der Waals surface area contributed by atoms with E-state index >= 15 is 0 Å². The minimum atomic E-state index is -0.226. The van der Waals surface area contributed by atoms with E-state index in [1.807, 2.05) is 0 Å². The highest BCUT2D eigenvalue weighted by Gasteiger charge is 2.51. The van der Waals surface area contributed by atoms with Crippen molar-refractivity contribution in [3.05, 3.63) is 0 Å². The Labute approximate surface area is 120 Å². The first-order valence-electron chi connectivity index (χ1n) is 7.88. The minimum Gasteiger partial charge on any atom is -0.332 e. The maximum absolute atomic E-state index is 12.3. The number of amides is 3. The number of imide groups is 1. The summed E-state index contributed by atoms with van der Waals surface area (Å²) < 4.78 is 0. The second-order valence-corrected chi connectivity index (χ2v) is 7.07. The third-order valence-electron chi connectivity index (χ3n) is 5.40. The highest BCUT2D eigenvalue weighted by molar-refractivity contribution is 5.85. The molecule has 0 aliphatic heterocycles. The van der Waals surface area contributed by atoms with Crippen LogP contribution in [0.3, 0.4) is 0 Å². The van der Waals surface area contributed by atoms with E-state index in [4.69, 9.17) is 5.73 Å². The molecule has 112 valence electrons. The summed E-state index contributed by atoms with van der Waals surface area (Å²) in [5.74, 6) is 2.36. The smallest absolute Gasteiger partial charge is 0.324 e. The first-order valence-corrected chi connectivity index (χ1v) is 7.88. The van der Waals surface area contributed by atoms with Gasteiger partial charge in [0.15, 0.2) is 0 Å². The molecule has 0 saturated heterocycles. The largest absolute Gasteiger partial charge is 0.332 e. The van der Waals surface area contributed by atoms with Crippen LogP contribution in [0.4, 0.5) is 4.79 Å². The van der Waals surface area contributed by atoms with Gasteiger partial charge in [-0.1, -0.05) is 0 Å². The van der Waals surface area contributed by atoms with Gasteiger partial charge >= 0.3 is 6.03 Å². The van der Waals surface area contributed by atoms with E-state index in [9.17, 15) is 9.59 Å². The van der Waals surface area contributed by atoms with E-state index in [2.05, 4.69) is 5.32 Å². The number of nitrogens with two attached hydrogens (primary N) is 1. The van der Waals surface area contributed by atoms with Crippen LogP contribution in [0, 0.1) is 17.8 Å². The third-order valence-corrected chi connectivity index (χ3v) is 5.40. The fourth-order valence-corrected chi connectivity index (χ4v) is 5.03. The van der Waals surface area contributed by atoms with Gasteiger partial charge in [-0.05, 0) is 69.2 Å². The SMILES string of the molecule is NCCCN(C=O)C(=O)NC12CC3CC(CC(C3)C1)C2. The van der Waals surface area contributed by atoms with Gasteiger partial charge in [0, 0.05) is 12.1 Å². The zero-order valence-electron chi connectivity index (χ0n) is 12.0. The molecular weight excluding hydrogens is 254 g/mol. The highest BCUT2D eigenvalue weighted by Crippen LogP contribution is 2.55. The number of carbonyl (C=O) groups excluding carboxylic acids is 2. The van der Waals surface area contributed by atoms with Crippen LogP contribution in [0.25, 0.3) is 0 Å². The Bertz CT molecular complexity index is 361. The predicted molar refractivity (Wildman–Crippen MR) is 75.9 cm³/mol. The van der Waals surface area contributed by atoms with Gasteiger partial charge in [0.1, 0.15) is 0 Å². The Morgan fingerprint density at radius 1 is 1.20 bits per heavy atom. The first-order chi connectivity index (χ1) is 9.64. The van der Waals surface area contributed by atoms with Gasteiger partial charge in [-0.3, -0.25) is 9.69 Å². The molecule has 5 nitrogen and oxygen atoms in total. The van der Waals surface area contributed by atoms with Gasteiger partial charge in [-0.25, -0.2) is 4.79 Å². The third kappa shape index (κ3) is 2.55. The summed E-state index contributed by atoms with van der Waals surface area (Å²) in [6.45, 7) is 0.910. The van der Waals surface area contributed by atoms with Crippen LogP contribution in [0.1, 0.15) is 44.9 Å². The molecule has 4 aliphatic carbocycles. The molecule has 3 N–H and O–H groups in total. The van der Waals surface area contributed by atoms with Gasteiger partial charge in [-0.15, -0.1) is 0 Å². The molecule has 0 aromatic carbocycles. The maximum atomic E-state index is 12.3. The maximum Gasteiger partial charge on any atom is 0.324 e. The van der Waals surface area contributed by atoms with E-state index in [1.165, 1.54) is 24.2 Å². The first kappa shape index (κ1) is 13.9. The Hall–Kier alpha value is -1.10. The van der Waals surface area contributed by atoms with Crippen LogP contribution in [-0.4, -0.2) is 36.0 Å². The molecule has 4 aliphatic rings. The molecule has 0 spiro atoms. The Morgan fingerprint density at radius 2 is 1.75 bits per heavy atom. The summed E-state index contributed by atoms with van der Waals surface area (Å²) in [4.78, 5) is 24.6. The second kappa shape index (κ2) is 5.35. The average molecular weight is 279 g/mol. The van der Waals surface area contributed by atoms with Crippen molar-refractivity contribution >= 4 is 12.4 Å². The number of nitrogens with zero attached hydrogens (tertiary/aromatic N) is 1. The van der Waals surface area contributed by atoms with Gasteiger partial charge in [0.05, 0.1) is 0 Å². The monoisotopic (exact) mass is 279 g/mol. The molecular formula is C15H25N3O2. The van der Waals surface area contributed by atoms with E-state index < -0.39 is 0 Å². The topological polar surface area (TPSA) is 75.4 Å². The lowest BCUT2D eigenvalue weighted by molar-refractivity contribution is -0.115. The van der Waals surface area contributed by atoms with Crippen LogP contribution in [0.2, 0.25) is 0 Å². The van der Waals surface area contributed by atoms with Gasteiger partial charge in [0.25, 0.3) is 0 Å². The standard InChI is InChI=1S/C15H25N3O2/c16-2-1-3-18(10-19)14(20)17-15-7-11-4-12(8-15)6-13(5-11)9-15/h10-13H,1-9,16H2,(H,17,20). The number of carbonyl (C=O) groups is 2. The molecule has 0 heterocycles. The van der Waals surface area contributed by atoms with Crippen molar-refractivity contribution in [1.29, 1.82) is 0 Å². The van der Waals surface area contributed by atoms with E-state index in [1.54, 1.807) is 0 Å². The predicted octanol–water partition coefficient (Wildman–Crippen LogP) is 1.47. The van der Waals surface area contributed by atoms with Crippen LogP contribution >= 0.6 is 0 Å². The van der Waals surface area contributed by atoms with Crippen molar-refractivity contribution in [2.75, 3.05) is 13.1 Å². The molecule has 0 unspecified atom stereocenters. The van der Waals surface area contributed by atoms with E-state index in [-0.39, 0.29) is 11.6 Å². The number of hydrogen-bond acceptors (Lipinski definition) is 3. The summed E-state index contributed by atoms with van der Waals surface area (Å²) in [5, 5.41) is 3.20. The van der Waals surface area contributed by atoms with Crippen LogP contribution < -0.4 is 11.1 Å². The van der Waals surface area contributed by atoms with Crippen LogP contribution in [0.5, 0.6) is 0 Å². The Morgan fingerprint density at radius 3 is 2.20 bits per heavy atom. The molecule has 4 rings (SSSR count). The van der Waals surface area contributed by atoms with E-state index in [0.29, 0.717) is 25.9 Å². The van der Waals surface area contributed by atoms with Crippen molar-refractivity contribution in [3.63, 3.8) is 0 Å². The number of nitrogens with one attached hydrogen (secondary N) is 1. The average Bonchev–Trinajstić information content (AvgIpc) is 2.37. The molecule has 3 amide bonds. The normalized spacial score (nSPS) is 37.8. The lowest BCUT2D eigenvalue weighted by Crippen LogP contribution is -2.61. The molecule has 5 heteroatoms. The Kier molecular flexibility index (Phi) is 3.71. The van der Waals surface area contributed by atoms with Gasteiger partial charge in [0.2, 0.25) is 6.41 Å². The zero-order chi connectivity index (χ0) is 14.2. The zero-order valence-corrected chi connectivity index (χ0v) is 12.0.